The molecule has 1 fully saturated rings. The van der Waals surface area contributed by atoms with Gasteiger partial charge in [0.2, 0.25) is 0 Å². The van der Waals surface area contributed by atoms with Gasteiger partial charge in [-0.2, -0.15) is 43.9 Å². The SMILES string of the molecule is CCC(C)C(=O)OC1(C(F)(F)F)C(F)(F)COC(O)(C(F)(F)F)C1(F)F. The zero-order valence-electron chi connectivity index (χ0n) is 12.9. The van der Waals surface area contributed by atoms with Crippen molar-refractivity contribution in [1.29, 1.82) is 0 Å². The number of ether oxygens (including phenoxy) is 2. The van der Waals surface area contributed by atoms with Crippen LogP contribution in [0.2, 0.25) is 0 Å². The minimum Gasteiger partial charge on any atom is -0.436 e. The second kappa shape index (κ2) is 6.11. The molecule has 0 radical (unpaired) electrons. The van der Waals surface area contributed by atoms with Gasteiger partial charge in [0.1, 0.15) is 6.61 Å². The molecule has 0 aromatic rings. The van der Waals surface area contributed by atoms with Gasteiger partial charge in [-0.25, -0.2) is 0 Å². The molecular weight excluding hydrogens is 398 g/mol. The molecule has 154 valence electrons. The van der Waals surface area contributed by atoms with Crippen molar-refractivity contribution in [2.75, 3.05) is 6.61 Å². The molecule has 1 aliphatic rings. The molecule has 1 aliphatic heterocycles. The minimum absolute atomic E-state index is 0.357. The number of halogens is 10. The number of alkyl halides is 10. The number of carbonyl (C=O) groups is 1. The molecule has 0 amide bonds. The van der Waals surface area contributed by atoms with E-state index in [1.165, 1.54) is 0 Å². The molecule has 3 atom stereocenters. The second-order valence-electron chi connectivity index (χ2n) is 5.62. The van der Waals surface area contributed by atoms with E-state index in [0.717, 1.165) is 13.8 Å². The van der Waals surface area contributed by atoms with Gasteiger partial charge >= 0.3 is 41.6 Å². The van der Waals surface area contributed by atoms with Crippen LogP contribution in [0.4, 0.5) is 43.9 Å². The zero-order chi connectivity index (χ0) is 21.0. The highest BCUT2D eigenvalue weighted by Crippen LogP contribution is 2.63. The van der Waals surface area contributed by atoms with Gasteiger partial charge in [-0.15, -0.1) is 0 Å². The van der Waals surface area contributed by atoms with Crippen LogP contribution in [0.3, 0.4) is 0 Å². The summed E-state index contributed by atoms with van der Waals surface area (Å²) in [5.74, 6) is -22.6. The molecule has 0 aromatic heterocycles. The van der Waals surface area contributed by atoms with E-state index in [-0.39, 0.29) is 6.42 Å². The van der Waals surface area contributed by atoms with E-state index < -0.39 is 54.1 Å². The third-order valence-corrected chi connectivity index (χ3v) is 3.90. The fraction of sp³-hybridized carbons (Fsp3) is 0.917. The standard InChI is InChI=1S/C12H12F10O4/c1-3-5(2)6(23)26-8(11(17,18)19)7(13,14)4-25-10(24,9(8,15)16)12(20,21)22/h5,24H,3-4H2,1-2H3. The molecular formula is C12H12F10O4. The summed E-state index contributed by atoms with van der Waals surface area (Å²) >= 11 is 0. The number of aliphatic hydroxyl groups is 1. The Morgan fingerprint density at radius 2 is 1.58 bits per heavy atom. The summed E-state index contributed by atoms with van der Waals surface area (Å²) in [5, 5.41) is 9.05. The number of esters is 1. The van der Waals surface area contributed by atoms with Gasteiger partial charge in [-0.1, -0.05) is 13.8 Å². The van der Waals surface area contributed by atoms with Crippen molar-refractivity contribution in [1.82, 2.24) is 0 Å². The Morgan fingerprint density at radius 3 is 1.92 bits per heavy atom. The Balaban J connectivity index is 3.78. The van der Waals surface area contributed by atoms with Gasteiger partial charge in [0.15, 0.2) is 0 Å². The smallest absolute Gasteiger partial charge is 0.436 e. The molecule has 0 spiro atoms. The number of hydrogen-bond donors (Lipinski definition) is 1. The van der Waals surface area contributed by atoms with Crippen molar-refractivity contribution in [3.05, 3.63) is 0 Å². The fourth-order valence-electron chi connectivity index (χ4n) is 2.12. The van der Waals surface area contributed by atoms with Gasteiger partial charge in [-0.05, 0) is 6.42 Å². The summed E-state index contributed by atoms with van der Waals surface area (Å²) < 4.78 is 141. The van der Waals surface area contributed by atoms with Crippen LogP contribution in [0.15, 0.2) is 0 Å². The van der Waals surface area contributed by atoms with Gasteiger partial charge in [0.25, 0.3) is 0 Å². The summed E-state index contributed by atoms with van der Waals surface area (Å²) in [6.45, 7) is -0.970. The molecule has 1 heterocycles. The van der Waals surface area contributed by atoms with Gasteiger partial charge in [-0.3, -0.25) is 4.79 Å². The van der Waals surface area contributed by atoms with Crippen molar-refractivity contribution in [2.45, 2.75) is 55.9 Å². The lowest BCUT2D eigenvalue weighted by molar-refractivity contribution is -0.528. The molecule has 0 saturated carbocycles. The van der Waals surface area contributed by atoms with E-state index in [1.54, 1.807) is 0 Å². The highest BCUT2D eigenvalue weighted by atomic mass is 19.4. The monoisotopic (exact) mass is 410 g/mol. The van der Waals surface area contributed by atoms with Gasteiger partial charge in [0, 0.05) is 0 Å². The Labute approximate surface area is 139 Å². The lowest BCUT2D eigenvalue weighted by Crippen LogP contribution is -2.84. The van der Waals surface area contributed by atoms with E-state index in [1.807, 2.05) is 0 Å². The highest BCUT2D eigenvalue weighted by Gasteiger charge is 2.95. The Bertz CT molecular complexity index is 557. The molecule has 1 saturated heterocycles. The van der Waals surface area contributed by atoms with Crippen molar-refractivity contribution < 1.29 is 63.3 Å². The maximum atomic E-state index is 14.2. The van der Waals surface area contributed by atoms with Gasteiger partial charge < -0.3 is 14.6 Å². The molecule has 0 aliphatic carbocycles. The second-order valence-corrected chi connectivity index (χ2v) is 5.62. The predicted molar refractivity (Wildman–Crippen MR) is 61.2 cm³/mol. The van der Waals surface area contributed by atoms with Crippen molar-refractivity contribution in [3.8, 4) is 0 Å². The van der Waals surface area contributed by atoms with E-state index in [0.29, 0.717) is 0 Å². The van der Waals surface area contributed by atoms with Crippen LogP contribution < -0.4 is 0 Å². The minimum atomic E-state index is -6.91. The zero-order valence-corrected chi connectivity index (χ0v) is 12.9. The van der Waals surface area contributed by atoms with E-state index in [2.05, 4.69) is 9.47 Å². The van der Waals surface area contributed by atoms with Gasteiger partial charge in [0.05, 0.1) is 5.92 Å². The maximum Gasteiger partial charge on any atom is 0.449 e. The molecule has 3 unspecified atom stereocenters. The van der Waals surface area contributed by atoms with Crippen LogP contribution in [-0.4, -0.2) is 53.3 Å². The first-order valence-corrected chi connectivity index (χ1v) is 6.80. The Hall–Kier alpha value is -1.31. The van der Waals surface area contributed by atoms with Crippen LogP contribution in [-0.2, 0) is 14.3 Å². The molecule has 1 N–H and O–H groups in total. The summed E-state index contributed by atoms with van der Waals surface area (Å²) in [5.41, 5.74) is -6.31. The van der Waals surface area contributed by atoms with Crippen LogP contribution in [0.25, 0.3) is 0 Å². The first-order chi connectivity index (χ1) is 11.3. The van der Waals surface area contributed by atoms with Crippen LogP contribution in [0, 0.1) is 5.92 Å². The van der Waals surface area contributed by atoms with Crippen molar-refractivity contribution >= 4 is 5.97 Å². The average molecular weight is 410 g/mol. The average Bonchev–Trinajstić information content (AvgIpc) is 2.44. The first kappa shape index (κ1) is 22.7. The topological polar surface area (TPSA) is 55.8 Å². The van der Waals surface area contributed by atoms with E-state index in [9.17, 15) is 48.7 Å². The number of carbonyl (C=O) groups excluding carboxylic acids is 1. The molecule has 14 heteroatoms. The summed E-state index contributed by atoms with van der Waals surface area (Å²) in [7, 11) is 0. The fourth-order valence-corrected chi connectivity index (χ4v) is 2.12. The lowest BCUT2D eigenvalue weighted by Gasteiger charge is -2.53. The molecule has 0 aromatic carbocycles. The van der Waals surface area contributed by atoms with Crippen LogP contribution in [0.1, 0.15) is 20.3 Å². The summed E-state index contributed by atoms with van der Waals surface area (Å²) in [6.07, 6.45) is -13.9. The normalized spacial score (nSPS) is 32.8. The molecule has 4 nitrogen and oxygen atoms in total. The molecule has 26 heavy (non-hydrogen) atoms. The summed E-state index contributed by atoms with van der Waals surface area (Å²) in [6, 6.07) is 0. The Kier molecular flexibility index (Phi) is 5.34. The lowest BCUT2D eigenvalue weighted by atomic mass is 9.79. The van der Waals surface area contributed by atoms with E-state index >= 15 is 0 Å². The van der Waals surface area contributed by atoms with Crippen LogP contribution in [0.5, 0.6) is 0 Å². The predicted octanol–water partition coefficient (Wildman–Crippen LogP) is 3.43. The third-order valence-electron chi connectivity index (χ3n) is 3.90. The quantitative estimate of drug-likeness (QED) is 0.573. The van der Waals surface area contributed by atoms with E-state index in [4.69, 9.17) is 5.11 Å². The van der Waals surface area contributed by atoms with Crippen molar-refractivity contribution in [3.63, 3.8) is 0 Å². The third kappa shape index (κ3) is 2.80. The maximum absolute atomic E-state index is 14.2. The summed E-state index contributed by atoms with van der Waals surface area (Å²) in [4.78, 5) is 11.5. The number of hydrogen-bond acceptors (Lipinski definition) is 4. The molecule has 1 rings (SSSR count). The highest BCUT2D eigenvalue weighted by molar-refractivity contribution is 5.73. The van der Waals surface area contributed by atoms with Crippen molar-refractivity contribution in [2.24, 2.45) is 5.92 Å². The largest absolute Gasteiger partial charge is 0.449 e. The first-order valence-electron chi connectivity index (χ1n) is 6.80. The number of rotatable bonds is 3. The molecule has 0 bridgehead atoms. The van der Waals surface area contributed by atoms with Crippen LogP contribution >= 0.6 is 0 Å². The Morgan fingerprint density at radius 1 is 1.12 bits per heavy atom.